The molecule has 2 aromatic heterocycles. The van der Waals surface area contributed by atoms with Gasteiger partial charge in [0.1, 0.15) is 4.83 Å². The summed E-state index contributed by atoms with van der Waals surface area (Å²) >= 11 is 9.04. The van der Waals surface area contributed by atoms with Crippen LogP contribution in [0.25, 0.3) is 21.3 Å². The van der Waals surface area contributed by atoms with Gasteiger partial charge >= 0.3 is 0 Å². The Kier molecular flexibility index (Phi) is 6.58. The molecule has 1 amide bonds. The lowest BCUT2D eigenvalue weighted by molar-refractivity contribution is -0.132. The molecule has 1 fully saturated rings. The highest BCUT2D eigenvalue weighted by atomic mass is 35.5. The van der Waals surface area contributed by atoms with Crippen LogP contribution in [-0.4, -0.2) is 52.4 Å². The molecule has 6 nitrogen and oxygen atoms in total. The van der Waals surface area contributed by atoms with Gasteiger partial charge in [0.05, 0.1) is 24.4 Å². The van der Waals surface area contributed by atoms with Gasteiger partial charge in [0.2, 0.25) is 5.91 Å². The first-order chi connectivity index (χ1) is 14.6. The van der Waals surface area contributed by atoms with Crippen LogP contribution in [0.15, 0.2) is 52.3 Å². The van der Waals surface area contributed by atoms with Gasteiger partial charge in [-0.25, -0.2) is 4.98 Å². The molecule has 0 atom stereocenters. The molecule has 0 saturated carbocycles. The van der Waals surface area contributed by atoms with E-state index in [9.17, 15) is 9.59 Å². The second-order valence-corrected chi connectivity index (χ2v) is 8.90. The molecular formula is C21H20ClN3O3S2. The molecule has 0 N–H and O–H groups in total. The number of morpholine rings is 1. The Balaban J connectivity index is 1.70. The second kappa shape index (κ2) is 9.34. The van der Waals surface area contributed by atoms with E-state index in [0.717, 1.165) is 11.1 Å². The van der Waals surface area contributed by atoms with Crippen LogP contribution in [0, 0.1) is 0 Å². The Labute approximate surface area is 187 Å². The Bertz CT molecular complexity index is 1150. The highest BCUT2D eigenvalue weighted by Gasteiger charge is 2.21. The smallest absolute Gasteiger partial charge is 0.263 e. The maximum atomic E-state index is 13.4. The minimum atomic E-state index is -0.155. The van der Waals surface area contributed by atoms with Gasteiger partial charge in [0.15, 0.2) is 5.16 Å². The van der Waals surface area contributed by atoms with Crippen molar-refractivity contribution in [1.82, 2.24) is 14.5 Å². The zero-order valence-corrected chi connectivity index (χ0v) is 18.6. The highest BCUT2D eigenvalue weighted by Crippen LogP contribution is 2.35. The van der Waals surface area contributed by atoms with Crippen LogP contribution in [0.3, 0.4) is 0 Å². The topological polar surface area (TPSA) is 64.4 Å². The van der Waals surface area contributed by atoms with Gasteiger partial charge in [0.25, 0.3) is 5.56 Å². The fourth-order valence-electron chi connectivity index (χ4n) is 3.31. The molecule has 1 aromatic carbocycles. The minimum Gasteiger partial charge on any atom is -0.378 e. The van der Waals surface area contributed by atoms with E-state index in [1.807, 2.05) is 23.6 Å². The second-order valence-electron chi connectivity index (χ2n) is 6.69. The number of allylic oxidation sites excluding steroid dienone is 1. The maximum Gasteiger partial charge on any atom is 0.263 e. The monoisotopic (exact) mass is 461 g/mol. The van der Waals surface area contributed by atoms with E-state index >= 15 is 0 Å². The molecule has 30 heavy (non-hydrogen) atoms. The van der Waals surface area contributed by atoms with Gasteiger partial charge in [-0.2, -0.15) is 0 Å². The molecule has 1 aliphatic heterocycles. The Morgan fingerprint density at radius 2 is 2.07 bits per heavy atom. The van der Waals surface area contributed by atoms with Crippen LogP contribution in [-0.2, 0) is 16.1 Å². The molecule has 4 rings (SSSR count). The quantitative estimate of drug-likeness (QED) is 0.316. The summed E-state index contributed by atoms with van der Waals surface area (Å²) in [6.07, 6.45) is 1.66. The van der Waals surface area contributed by atoms with Crippen molar-refractivity contribution in [2.75, 3.05) is 32.1 Å². The van der Waals surface area contributed by atoms with Gasteiger partial charge in [-0.3, -0.25) is 14.2 Å². The van der Waals surface area contributed by atoms with Crippen molar-refractivity contribution in [3.8, 4) is 11.1 Å². The van der Waals surface area contributed by atoms with Crippen molar-refractivity contribution < 1.29 is 9.53 Å². The summed E-state index contributed by atoms with van der Waals surface area (Å²) < 4.78 is 6.87. The number of nitrogens with zero attached hydrogens (tertiary/aromatic N) is 3. The first-order valence-electron chi connectivity index (χ1n) is 9.46. The number of amides is 1. The van der Waals surface area contributed by atoms with E-state index in [1.54, 1.807) is 21.6 Å². The molecule has 0 spiro atoms. The minimum absolute atomic E-state index is 0.0192. The van der Waals surface area contributed by atoms with E-state index in [2.05, 4.69) is 6.58 Å². The number of carbonyl (C=O) groups is 1. The number of halogens is 1. The summed E-state index contributed by atoms with van der Waals surface area (Å²) in [6, 6.07) is 7.44. The fraction of sp³-hybridized carbons (Fsp3) is 0.286. The molecule has 1 aliphatic rings. The van der Waals surface area contributed by atoms with Crippen LogP contribution in [0.2, 0.25) is 5.02 Å². The lowest BCUT2D eigenvalue weighted by Crippen LogP contribution is -2.41. The van der Waals surface area contributed by atoms with Crippen LogP contribution in [0.4, 0.5) is 0 Å². The van der Waals surface area contributed by atoms with Gasteiger partial charge in [-0.15, -0.1) is 17.9 Å². The lowest BCUT2D eigenvalue weighted by atomic mass is 10.1. The summed E-state index contributed by atoms with van der Waals surface area (Å²) in [4.78, 5) is 33.0. The summed E-state index contributed by atoms with van der Waals surface area (Å²) in [5.41, 5.74) is 1.42. The molecular weight excluding hydrogens is 442 g/mol. The van der Waals surface area contributed by atoms with E-state index < -0.39 is 0 Å². The number of fused-ring (bicyclic) bond motifs is 1. The molecule has 0 aliphatic carbocycles. The van der Waals surface area contributed by atoms with Gasteiger partial charge in [0, 0.05) is 41.2 Å². The Hall–Kier alpha value is -2.13. The molecule has 1 saturated heterocycles. The Morgan fingerprint density at radius 1 is 1.30 bits per heavy atom. The number of thiophene rings is 1. The van der Waals surface area contributed by atoms with Gasteiger partial charge in [-0.1, -0.05) is 47.6 Å². The predicted molar refractivity (Wildman–Crippen MR) is 123 cm³/mol. The van der Waals surface area contributed by atoms with Crippen molar-refractivity contribution >= 4 is 50.8 Å². The largest absolute Gasteiger partial charge is 0.378 e. The number of hydrogen-bond donors (Lipinski definition) is 0. The zero-order chi connectivity index (χ0) is 21.1. The number of thioether (sulfide) groups is 1. The van der Waals surface area contributed by atoms with Crippen molar-refractivity contribution in [1.29, 1.82) is 0 Å². The molecule has 0 bridgehead atoms. The number of benzene rings is 1. The average molecular weight is 462 g/mol. The third kappa shape index (κ3) is 4.18. The standard InChI is InChI=1S/C21H20ClN3O3S2/c1-2-7-25-20(27)18-15(14-5-3-4-6-16(14)22)12-29-19(18)23-21(25)30-13-17(26)24-8-10-28-11-9-24/h2-6,12H,1,7-11,13H2. The number of aromatic nitrogens is 2. The number of ether oxygens (including phenoxy) is 1. The van der Waals surface area contributed by atoms with Crippen LogP contribution in [0.1, 0.15) is 0 Å². The van der Waals surface area contributed by atoms with E-state index in [1.165, 1.54) is 23.1 Å². The summed E-state index contributed by atoms with van der Waals surface area (Å²) in [5, 5.41) is 3.55. The number of hydrogen-bond acceptors (Lipinski definition) is 6. The van der Waals surface area contributed by atoms with Crippen molar-refractivity contribution in [2.24, 2.45) is 0 Å². The predicted octanol–water partition coefficient (Wildman–Crippen LogP) is 3.92. The molecule has 156 valence electrons. The maximum absolute atomic E-state index is 13.4. The first-order valence-corrected chi connectivity index (χ1v) is 11.7. The molecule has 0 unspecified atom stereocenters. The Morgan fingerprint density at radius 3 is 2.80 bits per heavy atom. The van der Waals surface area contributed by atoms with E-state index in [-0.39, 0.29) is 17.2 Å². The molecule has 3 heterocycles. The molecule has 3 aromatic rings. The van der Waals surface area contributed by atoms with Gasteiger partial charge < -0.3 is 9.64 Å². The molecule has 0 radical (unpaired) electrons. The van der Waals surface area contributed by atoms with Crippen LogP contribution < -0.4 is 5.56 Å². The van der Waals surface area contributed by atoms with Crippen molar-refractivity contribution in [3.05, 3.63) is 57.7 Å². The first kappa shape index (κ1) is 21.1. The van der Waals surface area contributed by atoms with Crippen LogP contribution >= 0.6 is 34.7 Å². The fourth-order valence-corrected chi connectivity index (χ4v) is 5.44. The summed E-state index contributed by atoms with van der Waals surface area (Å²) in [5.74, 6) is 0.239. The van der Waals surface area contributed by atoms with Gasteiger partial charge in [-0.05, 0) is 6.07 Å². The lowest BCUT2D eigenvalue weighted by Gasteiger charge is -2.26. The zero-order valence-electron chi connectivity index (χ0n) is 16.2. The number of rotatable bonds is 6. The highest BCUT2D eigenvalue weighted by molar-refractivity contribution is 7.99. The third-order valence-electron chi connectivity index (χ3n) is 4.82. The van der Waals surface area contributed by atoms with Crippen molar-refractivity contribution in [3.63, 3.8) is 0 Å². The van der Waals surface area contributed by atoms with E-state index in [4.69, 9.17) is 21.3 Å². The van der Waals surface area contributed by atoms with E-state index in [0.29, 0.717) is 53.2 Å². The average Bonchev–Trinajstić information content (AvgIpc) is 3.19. The normalized spacial score (nSPS) is 14.2. The third-order valence-corrected chi connectivity index (χ3v) is 6.99. The molecule has 9 heteroatoms. The van der Waals surface area contributed by atoms with Crippen molar-refractivity contribution in [2.45, 2.75) is 11.7 Å². The summed E-state index contributed by atoms with van der Waals surface area (Å²) in [7, 11) is 0. The number of carbonyl (C=O) groups excluding carboxylic acids is 1. The SMILES string of the molecule is C=CCn1c(SCC(=O)N2CCOCC2)nc2scc(-c3ccccc3Cl)c2c1=O. The van der Waals surface area contributed by atoms with Crippen LogP contribution in [0.5, 0.6) is 0 Å². The summed E-state index contributed by atoms with van der Waals surface area (Å²) in [6.45, 7) is 6.38.